The van der Waals surface area contributed by atoms with E-state index in [1.165, 1.54) is 11.1 Å². The van der Waals surface area contributed by atoms with Crippen molar-refractivity contribution in [2.24, 2.45) is 0 Å². The Balaban J connectivity index is 1.40. The molecule has 7 nitrogen and oxygen atoms in total. The van der Waals surface area contributed by atoms with Crippen molar-refractivity contribution in [2.75, 3.05) is 5.32 Å². The number of H-pyrrole nitrogens is 1. The predicted molar refractivity (Wildman–Crippen MR) is 114 cm³/mol. The van der Waals surface area contributed by atoms with Gasteiger partial charge in [0.25, 0.3) is 5.56 Å². The second-order valence-corrected chi connectivity index (χ2v) is 7.54. The minimum atomic E-state index is -0.260. The highest BCUT2D eigenvalue weighted by molar-refractivity contribution is 5.94. The van der Waals surface area contributed by atoms with Crippen LogP contribution < -0.4 is 10.9 Å². The molecule has 30 heavy (non-hydrogen) atoms. The number of hydrogen-bond acceptors (Lipinski definition) is 4. The number of carbonyl (C=O) groups excluding carboxylic acids is 1. The number of hydrogen-bond donors (Lipinski definition) is 2. The summed E-state index contributed by atoms with van der Waals surface area (Å²) in [6, 6.07) is 17.5. The summed E-state index contributed by atoms with van der Waals surface area (Å²) < 4.78 is 1.90. The number of nitrogens with zero attached hydrogens (tertiary/aromatic N) is 3. The van der Waals surface area contributed by atoms with Crippen LogP contribution in [0.25, 0.3) is 10.8 Å². The van der Waals surface area contributed by atoms with Gasteiger partial charge in [0.2, 0.25) is 5.91 Å². The molecule has 2 N–H and O–H groups in total. The van der Waals surface area contributed by atoms with Gasteiger partial charge in [-0.15, -0.1) is 0 Å². The van der Waals surface area contributed by atoms with Gasteiger partial charge < -0.3 is 5.32 Å². The third-order valence-corrected chi connectivity index (χ3v) is 5.67. The molecule has 0 fully saturated rings. The fourth-order valence-corrected chi connectivity index (χ4v) is 4.29. The van der Waals surface area contributed by atoms with Crippen LogP contribution in [-0.2, 0) is 17.6 Å². The van der Waals surface area contributed by atoms with E-state index in [0.717, 1.165) is 19.3 Å². The van der Waals surface area contributed by atoms with Crippen LogP contribution in [0.15, 0.2) is 65.6 Å². The number of amides is 1. The maximum Gasteiger partial charge on any atom is 0.272 e. The van der Waals surface area contributed by atoms with E-state index in [9.17, 15) is 9.59 Å². The fraction of sp³-hybridized carbons (Fsp3) is 0.217. The van der Waals surface area contributed by atoms with Gasteiger partial charge in [-0.3, -0.25) is 9.59 Å². The molecule has 1 unspecified atom stereocenters. The van der Waals surface area contributed by atoms with Crippen molar-refractivity contribution in [3.63, 3.8) is 0 Å². The summed E-state index contributed by atoms with van der Waals surface area (Å²) in [5, 5.41) is 15.3. The molecule has 1 aliphatic carbocycles. The molecule has 1 amide bonds. The summed E-state index contributed by atoms with van der Waals surface area (Å²) in [6.07, 6.45) is 4.90. The second-order valence-electron chi connectivity index (χ2n) is 7.54. The van der Waals surface area contributed by atoms with E-state index in [-0.39, 0.29) is 23.9 Å². The van der Waals surface area contributed by atoms with E-state index in [1.807, 2.05) is 28.9 Å². The summed E-state index contributed by atoms with van der Waals surface area (Å²) >= 11 is 0. The summed E-state index contributed by atoms with van der Waals surface area (Å²) in [6.45, 7) is 0. The zero-order valence-electron chi connectivity index (χ0n) is 16.3. The first kappa shape index (κ1) is 18.3. The molecule has 2 aromatic heterocycles. The van der Waals surface area contributed by atoms with Crippen molar-refractivity contribution in [3.8, 4) is 0 Å². The second kappa shape index (κ2) is 7.59. The Bertz CT molecular complexity index is 1290. The first-order valence-electron chi connectivity index (χ1n) is 10.1. The molecule has 0 bridgehead atoms. The van der Waals surface area contributed by atoms with Crippen molar-refractivity contribution >= 4 is 22.5 Å². The SMILES string of the molecule is O=C(Cc1n[nH]c(=O)c2ccccc12)Nc1ccnn1C1CCCc2ccccc21. The van der Waals surface area contributed by atoms with Crippen molar-refractivity contribution in [3.05, 3.63) is 88.0 Å². The van der Waals surface area contributed by atoms with E-state index < -0.39 is 0 Å². The normalized spacial score (nSPS) is 15.7. The van der Waals surface area contributed by atoms with Gasteiger partial charge in [0.05, 0.1) is 29.7 Å². The molecule has 5 rings (SSSR count). The molecule has 1 aliphatic rings. The molecular weight excluding hydrogens is 378 g/mol. The van der Waals surface area contributed by atoms with Gasteiger partial charge in [-0.25, -0.2) is 9.78 Å². The molecule has 0 saturated carbocycles. The van der Waals surface area contributed by atoms with E-state index in [0.29, 0.717) is 22.3 Å². The highest BCUT2D eigenvalue weighted by Gasteiger charge is 2.24. The zero-order valence-corrected chi connectivity index (χ0v) is 16.3. The third-order valence-electron chi connectivity index (χ3n) is 5.67. The molecule has 2 aromatic carbocycles. The van der Waals surface area contributed by atoms with Gasteiger partial charge in [-0.1, -0.05) is 42.5 Å². The van der Waals surface area contributed by atoms with Crippen LogP contribution in [0.1, 0.15) is 35.7 Å². The molecule has 150 valence electrons. The number of aromatic nitrogens is 4. The van der Waals surface area contributed by atoms with Crippen LogP contribution in [0.4, 0.5) is 5.82 Å². The Morgan fingerprint density at radius 1 is 1.10 bits per heavy atom. The Hall–Kier alpha value is -3.74. The van der Waals surface area contributed by atoms with Crippen LogP contribution >= 0.6 is 0 Å². The lowest BCUT2D eigenvalue weighted by Gasteiger charge is -2.27. The number of benzene rings is 2. The van der Waals surface area contributed by atoms with Gasteiger partial charge in [0, 0.05) is 11.5 Å². The fourth-order valence-electron chi connectivity index (χ4n) is 4.29. The number of nitrogens with one attached hydrogen (secondary N) is 2. The molecule has 7 heteroatoms. The predicted octanol–water partition coefficient (Wildman–Crippen LogP) is 3.23. The Labute approximate surface area is 172 Å². The van der Waals surface area contributed by atoms with Crippen LogP contribution in [0.3, 0.4) is 0 Å². The van der Waals surface area contributed by atoms with Gasteiger partial charge in [0.15, 0.2) is 0 Å². The molecule has 0 spiro atoms. The molecule has 4 aromatic rings. The zero-order chi connectivity index (χ0) is 20.5. The largest absolute Gasteiger partial charge is 0.311 e. The van der Waals surface area contributed by atoms with Crippen molar-refractivity contribution in [1.29, 1.82) is 0 Å². The van der Waals surface area contributed by atoms with Crippen molar-refractivity contribution < 1.29 is 4.79 Å². The maximum atomic E-state index is 12.8. The van der Waals surface area contributed by atoms with Gasteiger partial charge in [-0.05, 0) is 36.5 Å². The Morgan fingerprint density at radius 2 is 1.90 bits per heavy atom. The number of aryl methyl sites for hydroxylation is 1. The number of rotatable bonds is 4. The summed E-state index contributed by atoms with van der Waals surface area (Å²) in [4.78, 5) is 24.8. The lowest BCUT2D eigenvalue weighted by atomic mass is 9.88. The average molecular weight is 399 g/mol. The van der Waals surface area contributed by atoms with E-state index >= 15 is 0 Å². The average Bonchev–Trinajstić information content (AvgIpc) is 3.23. The molecule has 0 radical (unpaired) electrons. The van der Waals surface area contributed by atoms with Crippen LogP contribution in [0.5, 0.6) is 0 Å². The number of carbonyl (C=O) groups is 1. The smallest absolute Gasteiger partial charge is 0.272 e. The van der Waals surface area contributed by atoms with Gasteiger partial charge in [-0.2, -0.15) is 10.2 Å². The monoisotopic (exact) mass is 399 g/mol. The molecule has 1 atom stereocenters. The minimum Gasteiger partial charge on any atom is -0.311 e. The summed E-state index contributed by atoms with van der Waals surface area (Å²) in [5.74, 6) is 0.459. The molecule has 0 saturated heterocycles. The van der Waals surface area contributed by atoms with Crippen LogP contribution in [0, 0.1) is 0 Å². The third kappa shape index (κ3) is 3.28. The standard InChI is InChI=1S/C23H21N5O2/c29-22(14-19-17-9-3-4-10-18(17)23(30)27-26-19)25-21-12-13-24-28(21)20-11-5-7-15-6-1-2-8-16(15)20/h1-4,6,8-10,12-13,20H,5,7,11,14H2,(H,25,29)(H,27,30). The Kier molecular flexibility index (Phi) is 4.63. The molecular formula is C23H21N5O2. The van der Waals surface area contributed by atoms with Crippen molar-refractivity contribution in [1.82, 2.24) is 20.0 Å². The van der Waals surface area contributed by atoms with Gasteiger partial charge >= 0.3 is 0 Å². The van der Waals surface area contributed by atoms with Crippen LogP contribution in [-0.4, -0.2) is 25.9 Å². The quantitative estimate of drug-likeness (QED) is 0.551. The molecule has 0 aliphatic heterocycles. The number of anilines is 1. The number of fused-ring (bicyclic) bond motifs is 2. The first-order valence-corrected chi connectivity index (χ1v) is 10.1. The van der Waals surface area contributed by atoms with E-state index in [1.54, 1.807) is 18.3 Å². The Morgan fingerprint density at radius 3 is 2.80 bits per heavy atom. The lowest BCUT2D eigenvalue weighted by molar-refractivity contribution is -0.115. The topological polar surface area (TPSA) is 92.7 Å². The molecule has 2 heterocycles. The minimum absolute atomic E-state index is 0.0593. The number of aromatic amines is 1. The van der Waals surface area contributed by atoms with E-state index in [2.05, 4.69) is 38.8 Å². The first-order chi connectivity index (χ1) is 14.7. The highest BCUT2D eigenvalue weighted by Crippen LogP contribution is 2.34. The lowest BCUT2D eigenvalue weighted by Crippen LogP contribution is -2.23. The highest BCUT2D eigenvalue weighted by atomic mass is 16.1. The summed E-state index contributed by atoms with van der Waals surface area (Å²) in [7, 11) is 0. The van der Waals surface area contributed by atoms with Gasteiger partial charge in [0.1, 0.15) is 5.82 Å². The van der Waals surface area contributed by atoms with Crippen molar-refractivity contribution in [2.45, 2.75) is 31.7 Å². The maximum absolute atomic E-state index is 12.8. The van der Waals surface area contributed by atoms with Crippen LogP contribution in [0.2, 0.25) is 0 Å². The van der Waals surface area contributed by atoms with E-state index in [4.69, 9.17) is 0 Å². The summed E-state index contributed by atoms with van der Waals surface area (Å²) in [5.41, 5.74) is 2.88.